The number of carbonyl (C=O) groups is 1. The molecule has 1 amide bonds. The fourth-order valence-electron chi connectivity index (χ4n) is 2.53. The maximum Gasteiger partial charge on any atom is 0.233 e. The first kappa shape index (κ1) is 18.0. The number of benzene rings is 1. The van der Waals surface area contributed by atoms with Crippen LogP contribution in [0.4, 0.5) is 5.13 Å². The maximum absolute atomic E-state index is 12.9. The lowest BCUT2D eigenvalue weighted by Crippen LogP contribution is -2.32. The van der Waals surface area contributed by atoms with Gasteiger partial charge in [-0.3, -0.25) is 14.7 Å². The number of rotatable bonds is 7. The monoisotopic (exact) mass is 368 g/mol. The number of nitrogens with zero attached hydrogens (tertiary/aromatic N) is 4. The summed E-state index contributed by atoms with van der Waals surface area (Å²) in [5.74, 6) is 0.737. The lowest BCUT2D eigenvalue weighted by molar-refractivity contribution is -0.118. The molecule has 6 nitrogen and oxygen atoms in total. The van der Waals surface area contributed by atoms with Crippen molar-refractivity contribution >= 4 is 22.4 Å². The van der Waals surface area contributed by atoms with Crippen LogP contribution in [-0.2, 0) is 11.2 Å². The van der Waals surface area contributed by atoms with Gasteiger partial charge in [-0.05, 0) is 36.2 Å². The van der Waals surface area contributed by atoms with E-state index in [4.69, 9.17) is 4.74 Å². The van der Waals surface area contributed by atoms with Gasteiger partial charge in [0.25, 0.3) is 0 Å². The molecule has 3 aromatic rings. The van der Waals surface area contributed by atoms with Crippen molar-refractivity contribution < 1.29 is 9.53 Å². The smallest absolute Gasteiger partial charge is 0.233 e. The summed E-state index contributed by atoms with van der Waals surface area (Å²) in [7, 11) is 1.62. The Morgan fingerprint density at radius 2 is 2.12 bits per heavy atom. The Hall–Kier alpha value is -2.80. The van der Waals surface area contributed by atoms with Gasteiger partial charge in [-0.1, -0.05) is 30.4 Å². The topological polar surface area (TPSA) is 68.2 Å². The molecule has 1 aromatic carbocycles. The van der Waals surface area contributed by atoms with E-state index in [9.17, 15) is 4.79 Å². The van der Waals surface area contributed by atoms with E-state index in [1.54, 1.807) is 24.4 Å². The Morgan fingerprint density at radius 3 is 2.85 bits per heavy atom. The van der Waals surface area contributed by atoms with Crippen molar-refractivity contribution in [2.45, 2.75) is 19.8 Å². The molecule has 3 rings (SSSR count). The number of anilines is 1. The summed E-state index contributed by atoms with van der Waals surface area (Å²) in [6, 6.07) is 11.3. The minimum atomic E-state index is -0.00557. The number of pyridine rings is 1. The Bertz CT molecular complexity index is 867. The summed E-state index contributed by atoms with van der Waals surface area (Å²) in [6.07, 6.45) is 4.59. The molecule has 0 atom stereocenters. The SMILES string of the molecule is CCCN(C(=O)Cc1cccc(OC)c1)c1nnc(-c2cccnc2)s1. The molecule has 7 heteroatoms. The van der Waals surface area contributed by atoms with Gasteiger partial charge in [0.15, 0.2) is 5.01 Å². The molecule has 0 saturated heterocycles. The molecule has 0 aliphatic heterocycles. The van der Waals surface area contributed by atoms with E-state index in [0.29, 0.717) is 18.1 Å². The molecule has 134 valence electrons. The van der Waals surface area contributed by atoms with Gasteiger partial charge in [0.1, 0.15) is 5.75 Å². The number of amides is 1. The van der Waals surface area contributed by atoms with Crippen LogP contribution in [0.1, 0.15) is 18.9 Å². The Balaban J connectivity index is 1.80. The molecular formula is C19H20N4O2S. The predicted molar refractivity (Wildman–Crippen MR) is 102 cm³/mol. The van der Waals surface area contributed by atoms with Crippen molar-refractivity contribution in [1.29, 1.82) is 0 Å². The van der Waals surface area contributed by atoms with Crippen LogP contribution in [0.25, 0.3) is 10.6 Å². The van der Waals surface area contributed by atoms with Gasteiger partial charge in [0.05, 0.1) is 13.5 Å². The van der Waals surface area contributed by atoms with E-state index < -0.39 is 0 Å². The molecule has 0 unspecified atom stereocenters. The molecule has 0 radical (unpaired) electrons. The van der Waals surface area contributed by atoms with Crippen LogP contribution >= 0.6 is 11.3 Å². The molecule has 0 fully saturated rings. The minimum absolute atomic E-state index is 0.00557. The third kappa shape index (κ3) is 4.23. The zero-order chi connectivity index (χ0) is 18.4. The molecule has 0 aliphatic carbocycles. The first-order chi connectivity index (χ1) is 12.7. The molecule has 0 N–H and O–H groups in total. The molecular weight excluding hydrogens is 348 g/mol. The Morgan fingerprint density at radius 1 is 1.23 bits per heavy atom. The van der Waals surface area contributed by atoms with E-state index in [-0.39, 0.29) is 5.91 Å². The first-order valence-electron chi connectivity index (χ1n) is 8.38. The lowest BCUT2D eigenvalue weighted by atomic mass is 10.1. The molecule has 2 heterocycles. The van der Waals surface area contributed by atoms with E-state index in [0.717, 1.165) is 28.3 Å². The largest absolute Gasteiger partial charge is 0.497 e. The fourth-order valence-corrected chi connectivity index (χ4v) is 3.41. The second-order valence-corrected chi connectivity index (χ2v) is 6.66. The molecule has 0 aliphatic rings. The summed E-state index contributed by atoms with van der Waals surface area (Å²) < 4.78 is 5.23. The maximum atomic E-state index is 12.9. The number of hydrogen-bond donors (Lipinski definition) is 0. The first-order valence-corrected chi connectivity index (χ1v) is 9.20. The van der Waals surface area contributed by atoms with E-state index >= 15 is 0 Å². The molecule has 0 bridgehead atoms. The van der Waals surface area contributed by atoms with Gasteiger partial charge in [0.2, 0.25) is 11.0 Å². The van der Waals surface area contributed by atoms with E-state index in [1.807, 2.05) is 43.3 Å². The summed E-state index contributed by atoms with van der Waals surface area (Å²) >= 11 is 1.40. The highest BCUT2D eigenvalue weighted by Gasteiger charge is 2.20. The standard InChI is InChI=1S/C19H20N4O2S/c1-3-10-23(17(24)12-14-6-4-8-16(11-14)25-2)19-22-21-18(26-19)15-7-5-9-20-13-15/h4-9,11,13H,3,10,12H2,1-2H3. The van der Waals surface area contributed by atoms with Crippen LogP contribution in [0.5, 0.6) is 5.75 Å². The average molecular weight is 368 g/mol. The van der Waals surface area contributed by atoms with Gasteiger partial charge < -0.3 is 4.74 Å². The van der Waals surface area contributed by atoms with Gasteiger partial charge in [0, 0.05) is 24.5 Å². The quantitative estimate of drug-likeness (QED) is 0.637. The van der Waals surface area contributed by atoms with Crippen LogP contribution in [0, 0.1) is 0 Å². The van der Waals surface area contributed by atoms with Crippen molar-refractivity contribution in [2.24, 2.45) is 0 Å². The van der Waals surface area contributed by atoms with Gasteiger partial charge in [-0.25, -0.2) is 0 Å². The zero-order valence-corrected chi connectivity index (χ0v) is 15.6. The summed E-state index contributed by atoms with van der Waals surface area (Å²) in [5.41, 5.74) is 1.81. The highest BCUT2D eigenvalue weighted by molar-refractivity contribution is 7.18. The van der Waals surface area contributed by atoms with Crippen LogP contribution < -0.4 is 9.64 Å². The molecule has 0 spiro atoms. The molecule has 26 heavy (non-hydrogen) atoms. The van der Waals surface area contributed by atoms with Crippen LogP contribution in [0.15, 0.2) is 48.8 Å². The Kier molecular flexibility index (Phi) is 5.91. The van der Waals surface area contributed by atoms with Crippen molar-refractivity contribution in [1.82, 2.24) is 15.2 Å². The normalized spacial score (nSPS) is 10.5. The summed E-state index contributed by atoms with van der Waals surface area (Å²) in [5, 5.41) is 9.81. The average Bonchev–Trinajstić information content (AvgIpc) is 3.16. The van der Waals surface area contributed by atoms with Crippen molar-refractivity contribution in [3.63, 3.8) is 0 Å². The Labute approximate surface area is 156 Å². The zero-order valence-electron chi connectivity index (χ0n) is 14.8. The predicted octanol–water partition coefficient (Wildman–Crippen LogP) is 3.59. The molecule has 2 aromatic heterocycles. The van der Waals surface area contributed by atoms with Crippen molar-refractivity contribution in [2.75, 3.05) is 18.6 Å². The van der Waals surface area contributed by atoms with Gasteiger partial charge in [-0.15, -0.1) is 10.2 Å². The minimum Gasteiger partial charge on any atom is -0.497 e. The third-order valence-electron chi connectivity index (χ3n) is 3.79. The fraction of sp³-hybridized carbons (Fsp3) is 0.263. The lowest BCUT2D eigenvalue weighted by Gasteiger charge is -2.18. The number of ether oxygens (including phenoxy) is 1. The van der Waals surface area contributed by atoms with E-state index in [1.165, 1.54) is 11.3 Å². The highest BCUT2D eigenvalue weighted by atomic mass is 32.1. The third-order valence-corrected chi connectivity index (χ3v) is 4.79. The van der Waals surface area contributed by atoms with Gasteiger partial charge in [-0.2, -0.15) is 0 Å². The van der Waals surface area contributed by atoms with Crippen molar-refractivity contribution in [3.8, 4) is 16.3 Å². The second-order valence-electron chi connectivity index (χ2n) is 5.71. The van der Waals surface area contributed by atoms with Crippen molar-refractivity contribution in [3.05, 3.63) is 54.4 Å². The second kappa shape index (κ2) is 8.53. The van der Waals surface area contributed by atoms with E-state index in [2.05, 4.69) is 15.2 Å². The molecule has 0 saturated carbocycles. The van der Waals surface area contributed by atoms with Crippen LogP contribution in [0.2, 0.25) is 0 Å². The number of aromatic nitrogens is 3. The van der Waals surface area contributed by atoms with Crippen LogP contribution in [0.3, 0.4) is 0 Å². The number of methoxy groups -OCH3 is 1. The number of carbonyl (C=O) groups excluding carboxylic acids is 1. The van der Waals surface area contributed by atoms with Crippen LogP contribution in [-0.4, -0.2) is 34.7 Å². The summed E-state index contributed by atoms with van der Waals surface area (Å²) in [6.45, 7) is 2.64. The summed E-state index contributed by atoms with van der Waals surface area (Å²) in [4.78, 5) is 18.7. The highest BCUT2D eigenvalue weighted by Crippen LogP contribution is 2.28. The van der Waals surface area contributed by atoms with Gasteiger partial charge >= 0.3 is 0 Å². The number of hydrogen-bond acceptors (Lipinski definition) is 6.